The first-order valence-corrected chi connectivity index (χ1v) is 8.92. The van der Waals surface area contributed by atoms with Gasteiger partial charge in [0.15, 0.2) is 0 Å². The summed E-state index contributed by atoms with van der Waals surface area (Å²) >= 11 is 0. The number of rotatable bonds is 7. The van der Waals surface area contributed by atoms with Crippen molar-refractivity contribution >= 4 is 17.5 Å². The number of carbonyl (C=O) groups excluding carboxylic acids is 2. The third kappa shape index (κ3) is 5.83. The van der Waals surface area contributed by atoms with Crippen LogP contribution < -0.4 is 5.32 Å². The predicted molar refractivity (Wildman–Crippen MR) is 98.7 cm³/mol. The maximum Gasteiger partial charge on any atom is 0.248 e. The largest absolute Gasteiger partial charge is 0.375 e. The normalized spacial score (nSPS) is 16.5. The number of nitrogens with one attached hydrogen (secondary N) is 1. The first kappa shape index (κ1) is 19.4. The van der Waals surface area contributed by atoms with Crippen molar-refractivity contribution in [3.63, 3.8) is 0 Å². The topological polar surface area (TPSA) is 61.9 Å². The molecule has 2 amide bonds. The smallest absolute Gasteiger partial charge is 0.248 e. The molecule has 0 aromatic heterocycles. The quantitative estimate of drug-likeness (QED) is 0.819. The van der Waals surface area contributed by atoms with Crippen LogP contribution >= 0.6 is 0 Å². The Morgan fingerprint density at radius 1 is 1.16 bits per heavy atom. The number of benzene rings is 1. The highest BCUT2D eigenvalue weighted by molar-refractivity contribution is 5.92. The molecule has 1 N–H and O–H groups in total. The van der Waals surface area contributed by atoms with Gasteiger partial charge < -0.3 is 15.0 Å². The molecular formula is C19H29N3O3. The summed E-state index contributed by atoms with van der Waals surface area (Å²) in [6.45, 7) is 7.52. The molecule has 25 heavy (non-hydrogen) atoms. The molecule has 0 saturated carbocycles. The summed E-state index contributed by atoms with van der Waals surface area (Å²) < 4.78 is 4.88. The van der Waals surface area contributed by atoms with E-state index in [-0.39, 0.29) is 18.4 Å². The van der Waals surface area contributed by atoms with Gasteiger partial charge in [0.2, 0.25) is 11.8 Å². The van der Waals surface area contributed by atoms with Crippen LogP contribution in [-0.2, 0) is 14.3 Å². The van der Waals surface area contributed by atoms with Gasteiger partial charge in [0, 0.05) is 39.0 Å². The van der Waals surface area contributed by atoms with Gasteiger partial charge in [0.05, 0.1) is 6.54 Å². The summed E-state index contributed by atoms with van der Waals surface area (Å²) in [4.78, 5) is 27.8. The third-order valence-electron chi connectivity index (χ3n) is 4.74. The highest BCUT2D eigenvalue weighted by Crippen LogP contribution is 2.20. The second-order valence-electron chi connectivity index (χ2n) is 6.57. The maximum absolute atomic E-state index is 12.2. The van der Waals surface area contributed by atoms with Crippen molar-refractivity contribution in [1.82, 2.24) is 9.80 Å². The van der Waals surface area contributed by atoms with E-state index in [1.54, 1.807) is 4.90 Å². The van der Waals surface area contributed by atoms with Crippen molar-refractivity contribution in [1.29, 1.82) is 0 Å². The molecule has 1 atom stereocenters. The van der Waals surface area contributed by atoms with Gasteiger partial charge in [0.1, 0.15) is 6.61 Å². The number of amides is 2. The number of anilines is 1. The van der Waals surface area contributed by atoms with Crippen molar-refractivity contribution in [3.05, 3.63) is 29.8 Å². The Labute approximate surface area is 150 Å². The van der Waals surface area contributed by atoms with Gasteiger partial charge in [-0.25, -0.2) is 0 Å². The van der Waals surface area contributed by atoms with E-state index in [2.05, 4.69) is 36.2 Å². The average molecular weight is 347 g/mol. The van der Waals surface area contributed by atoms with Crippen LogP contribution in [0.25, 0.3) is 0 Å². The zero-order valence-corrected chi connectivity index (χ0v) is 15.5. The fraction of sp³-hybridized carbons (Fsp3) is 0.579. The van der Waals surface area contributed by atoms with Crippen LogP contribution in [0, 0.1) is 0 Å². The zero-order valence-electron chi connectivity index (χ0n) is 15.5. The van der Waals surface area contributed by atoms with Gasteiger partial charge in [-0.3, -0.25) is 14.5 Å². The Morgan fingerprint density at radius 2 is 1.80 bits per heavy atom. The Balaban J connectivity index is 1.76. The number of ether oxygens (including phenoxy) is 1. The molecular weight excluding hydrogens is 318 g/mol. The van der Waals surface area contributed by atoms with Crippen LogP contribution in [0.1, 0.15) is 31.7 Å². The molecule has 0 aliphatic carbocycles. The van der Waals surface area contributed by atoms with Gasteiger partial charge in [0.25, 0.3) is 0 Å². The number of methoxy groups -OCH3 is 1. The predicted octanol–water partition coefficient (Wildman–Crippen LogP) is 1.93. The lowest BCUT2D eigenvalue weighted by atomic mass is 9.99. The summed E-state index contributed by atoms with van der Waals surface area (Å²) in [6.07, 6.45) is 1.10. The molecule has 0 radical (unpaired) electrons. The summed E-state index contributed by atoms with van der Waals surface area (Å²) in [5.74, 6) is 0.517. The molecule has 2 rings (SSSR count). The Bertz CT molecular complexity index is 566. The Hall–Kier alpha value is -1.92. The minimum absolute atomic E-state index is 0.00741. The Kier molecular flexibility index (Phi) is 7.40. The van der Waals surface area contributed by atoms with Gasteiger partial charge in [-0.05, 0) is 30.0 Å². The van der Waals surface area contributed by atoms with E-state index < -0.39 is 0 Å². The van der Waals surface area contributed by atoms with Crippen LogP contribution in [0.3, 0.4) is 0 Å². The number of nitrogens with zero attached hydrogens (tertiary/aromatic N) is 2. The number of piperazine rings is 1. The molecule has 6 nitrogen and oxygen atoms in total. The lowest BCUT2D eigenvalue weighted by Gasteiger charge is -2.34. The molecule has 1 saturated heterocycles. The first-order chi connectivity index (χ1) is 12.0. The van der Waals surface area contributed by atoms with Crippen molar-refractivity contribution in [3.8, 4) is 0 Å². The molecule has 1 aromatic carbocycles. The molecule has 138 valence electrons. The standard InChI is InChI=1S/C19H29N3O3/c1-4-15(2)16-5-7-17(8-6-16)20-18(23)13-21-9-11-22(12-10-21)19(24)14-25-3/h5-8,15H,4,9-14H2,1-3H3,(H,20,23)/t15-/m0/s1. The monoisotopic (exact) mass is 347 g/mol. The van der Waals surface area contributed by atoms with Crippen LogP contribution in [0.2, 0.25) is 0 Å². The summed E-state index contributed by atoms with van der Waals surface area (Å²) in [7, 11) is 1.52. The minimum Gasteiger partial charge on any atom is -0.375 e. The van der Waals surface area contributed by atoms with Gasteiger partial charge in [-0.2, -0.15) is 0 Å². The van der Waals surface area contributed by atoms with Crippen molar-refractivity contribution in [2.24, 2.45) is 0 Å². The first-order valence-electron chi connectivity index (χ1n) is 8.92. The molecule has 1 heterocycles. The van der Waals surface area contributed by atoms with Crippen LogP contribution in [0.15, 0.2) is 24.3 Å². The van der Waals surface area contributed by atoms with Crippen LogP contribution in [0.4, 0.5) is 5.69 Å². The van der Waals surface area contributed by atoms with E-state index in [9.17, 15) is 9.59 Å². The van der Waals surface area contributed by atoms with Crippen molar-refractivity contribution in [2.75, 3.05) is 51.8 Å². The highest BCUT2D eigenvalue weighted by Gasteiger charge is 2.22. The molecule has 0 bridgehead atoms. The number of hydrogen-bond donors (Lipinski definition) is 1. The second kappa shape index (κ2) is 9.53. The summed E-state index contributed by atoms with van der Waals surface area (Å²) in [6, 6.07) is 8.06. The second-order valence-corrected chi connectivity index (χ2v) is 6.57. The lowest BCUT2D eigenvalue weighted by Crippen LogP contribution is -2.51. The van der Waals surface area contributed by atoms with Crippen molar-refractivity contribution in [2.45, 2.75) is 26.2 Å². The van der Waals surface area contributed by atoms with E-state index in [1.165, 1.54) is 12.7 Å². The zero-order chi connectivity index (χ0) is 18.2. The molecule has 1 fully saturated rings. The number of carbonyl (C=O) groups is 2. The van der Waals surface area contributed by atoms with Gasteiger partial charge in [-0.15, -0.1) is 0 Å². The van der Waals surface area contributed by atoms with Crippen LogP contribution in [-0.4, -0.2) is 68.1 Å². The van der Waals surface area contributed by atoms with E-state index in [1.807, 2.05) is 12.1 Å². The van der Waals surface area contributed by atoms with Crippen LogP contribution in [0.5, 0.6) is 0 Å². The van der Waals surface area contributed by atoms with Gasteiger partial charge in [-0.1, -0.05) is 26.0 Å². The fourth-order valence-electron chi connectivity index (χ4n) is 2.90. The molecule has 1 aliphatic heterocycles. The minimum atomic E-state index is -0.0204. The number of hydrogen-bond acceptors (Lipinski definition) is 4. The molecule has 1 aliphatic rings. The van der Waals surface area contributed by atoms with E-state index in [0.29, 0.717) is 38.6 Å². The third-order valence-corrected chi connectivity index (χ3v) is 4.74. The maximum atomic E-state index is 12.2. The van der Waals surface area contributed by atoms with E-state index in [0.717, 1.165) is 12.1 Å². The molecule has 0 spiro atoms. The molecule has 0 unspecified atom stereocenters. The van der Waals surface area contributed by atoms with Crippen molar-refractivity contribution < 1.29 is 14.3 Å². The lowest BCUT2D eigenvalue weighted by molar-refractivity contribution is -0.137. The average Bonchev–Trinajstić information content (AvgIpc) is 2.62. The molecule has 1 aromatic rings. The summed E-state index contributed by atoms with van der Waals surface area (Å²) in [5, 5.41) is 2.95. The van der Waals surface area contributed by atoms with E-state index >= 15 is 0 Å². The SMILES string of the molecule is CC[C@H](C)c1ccc(NC(=O)CN2CCN(C(=O)COC)CC2)cc1. The molecule has 6 heteroatoms. The van der Waals surface area contributed by atoms with E-state index in [4.69, 9.17) is 4.74 Å². The Morgan fingerprint density at radius 3 is 2.36 bits per heavy atom. The highest BCUT2D eigenvalue weighted by atomic mass is 16.5. The fourth-order valence-corrected chi connectivity index (χ4v) is 2.90. The summed E-state index contributed by atoms with van der Waals surface area (Å²) in [5.41, 5.74) is 2.11. The van der Waals surface area contributed by atoms with Gasteiger partial charge >= 0.3 is 0 Å².